The summed E-state index contributed by atoms with van der Waals surface area (Å²) in [5.41, 5.74) is 0.642. The molecule has 0 aliphatic carbocycles. The van der Waals surface area contributed by atoms with Crippen molar-refractivity contribution in [1.82, 2.24) is 24.6 Å². The van der Waals surface area contributed by atoms with E-state index in [1.807, 2.05) is 0 Å². The van der Waals surface area contributed by atoms with Gasteiger partial charge in [-0.3, -0.25) is 9.59 Å². The van der Waals surface area contributed by atoms with Crippen molar-refractivity contribution in [3.05, 3.63) is 22.4 Å². The number of carboxylic acid groups (broad SMARTS) is 1. The van der Waals surface area contributed by atoms with E-state index in [4.69, 9.17) is 4.84 Å². The number of nitrogens with one attached hydrogen (secondary N) is 1. The van der Waals surface area contributed by atoms with Crippen molar-refractivity contribution in [2.75, 3.05) is 25.2 Å². The Morgan fingerprint density at radius 2 is 2.27 bits per heavy atom. The second kappa shape index (κ2) is 11.0. The number of carboxylic acids is 1. The molecule has 170 valence electrons. The minimum absolute atomic E-state index is 0. The second-order valence-corrected chi connectivity index (χ2v) is 10.9. The summed E-state index contributed by atoms with van der Waals surface area (Å²) in [4.78, 5) is 52.0. The van der Waals surface area contributed by atoms with Gasteiger partial charge >= 0.3 is 29.6 Å². The van der Waals surface area contributed by atoms with Gasteiger partial charge in [0, 0.05) is 28.8 Å². The van der Waals surface area contributed by atoms with Crippen LogP contribution in [0.15, 0.2) is 20.4 Å². The molecule has 3 atom stereocenters. The molecule has 4 heterocycles. The minimum Gasteiger partial charge on any atom is -0.549 e. The number of carbonyl (C=O) groups excluding carboxylic acids is 3. The van der Waals surface area contributed by atoms with E-state index in [9.17, 15) is 19.5 Å². The van der Waals surface area contributed by atoms with Crippen molar-refractivity contribution in [3.63, 3.8) is 0 Å². The number of aryl methyl sites for hydroxylation is 1. The van der Waals surface area contributed by atoms with E-state index in [2.05, 4.69) is 24.8 Å². The van der Waals surface area contributed by atoms with Crippen molar-refractivity contribution in [1.29, 1.82) is 0 Å². The molecule has 33 heavy (non-hydrogen) atoms. The Morgan fingerprint density at radius 1 is 1.48 bits per heavy atom. The van der Waals surface area contributed by atoms with E-state index in [-0.39, 0.29) is 64.6 Å². The van der Waals surface area contributed by atoms with Gasteiger partial charge in [-0.2, -0.15) is 4.37 Å². The van der Waals surface area contributed by atoms with Crippen LogP contribution in [0.5, 0.6) is 0 Å². The fraction of sp³-hybridized carbons (Fsp3) is 0.471. The maximum Gasteiger partial charge on any atom is 1.00 e. The third kappa shape index (κ3) is 5.39. The first kappa shape index (κ1) is 26.4. The normalized spacial score (nSPS) is 24.4. The van der Waals surface area contributed by atoms with Crippen molar-refractivity contribution < 1.29 is 53.9 Å². The summed E-state index contributed by atoms with van der Waals surface area (Å²) in [7, 11) is 1.31. The van der Waals surface area contributed by atoms with Crippen LogP contribution in [0.25, 0.3) is 0 Å². The quantitative estimate of drug-likeness (QED) is 0.119. The molecule has 11 nitrogen and oxygen atoms in total. The van der Waals surface area contributed by atoms with E-state index in [1.165, 1.54) is 58.4 Å². The van der Waals surface area contributed by atoms with Crippen molar-refractivity contribution >= 4 is 69.9 Å². The molecule has 2 aliphatic heterocycles. The number of rotatable bonds is 8. The molecule has 0 radical (unpaired) electrons. The molecule has 2 saturated heterocycles. The van der Waals surface area contributed by atoms with Crippen LogP contribution in [0.2, 0.25) is 0 Å². The van der Waals surface area contributed by atoms with Gasteiger partial charge in [-0.15, -0.1) is 23.1 Å². The smallest absolute Gasteiger partial charge is 0.549 e. The average Bonchev–Trinajstić information content (AvgIpc) is 3.45. The molecule has 0 spiro atoms. The summed E-state index contributed by atoms with van der Waals surface area (Å²) < 4.78 is 4.76. The number of aromatic nitrogens is 3. The third-order valence-electron chi connectivity index (χ3n) is 4.92. The van der Waals surface area contributed by atoms with Gasteiger partial charge in [-0.1, -0.05) is 16.9 Å². The number of β-lactam (4-membered cyclic amide) rings is 1. The molecule has 16 heteroatoms. The number of thiazole rings is 1. The predicted octanol–water partition coefficient (Wildman–Crippen LogP) is -3.41. The molecule has 0 aromatic carbocycles. The van der Waals surface area contributed by atoms with E-state index >= 15 is 0 Å². The van der Waals surface area contributed by atoms with Crippen LogP contribution in [0.4, 0.5) is 0 Å². The molecule has 2 aliphatic rings. The number of aliphatic carboxylic acids is 1. The van der Waals surface area contributed by atoms with E-state index < -0.39 is 23.3 Å². The molecule has 1 N–H and O–H groups in total. The molecular formula is C17H17N6NaO5S4. The number of oxime groups is 1. The summed E-state index contributed by atoms with van der Waals surface area (Å²) in [5.74, 6) is -1.08. The first-order valence-corrected chi connectivity index (χ1v) is 13.0. The van der Waals surface area contributed by atoms with Crippen LogP contribution >= 0.6 is 46.4 Å². The van der Waals surface area contributed by atoms with E-state index in [0.717, 1.165) is 0 Å². The second-order valence-electron chi connectivity index (χ2n) is 7.08. The van der Waals surface area contributed by atoms with Gasteiger partial charge in [0.15, 0.2) is 10.1 Å². The number of hydrogen-bond donors (Lipinski definition) is 1. The molecular weight excluding hydrogens is 519 g/mol. The molecule has 2 fully saturated rings. The van der Waals surface area contributed by atoms with E-state index in [0.29, 0.717) is 15.9 Å². The molecule has 2 aromatic rings. The number of thioether (sulfide) groups is 2. The first-order valence-electron chi connectivity index (χ1n) is 9.22. The van der Waals surface area contributed by atoms with Crippen LogP contribution in [-0.4, -0.2) is 79.3 Å². The van der Waals surface area contributed by atoms with E-state index in [1.54, 1.807) is 17.8 Å². The Bertz CT molecular complexity index is 1070. The van der Waals surface area contributed by atoms with Crippen LogP contribution in [0.3, 0.4) is 0 Å². The average molecular weight is 537 g/mol. The summed E-state index contributed by atoms with van der Waals surface area (Å²) >= 11 is 5.10. The zero-order chi connectivity index (χ0) is 22.9. The van der Waals surface area contributed by atoms with Crippen LogP contribution in [-0.2, 0) is 19.2 Å². The Kier molecular flexibility index (Phi) is 8.80. The van der Waals surface area contributed by atoms with Gasteiger partial charge in [-0.05, 0) is 18.5 Å². The first-order chi connectivity index (χ1) is 15.3. The van der Waals surface area contributed by atoms with Crippen molar-refractivity contribution in [2.45, 2.75) is 22.7 Å². The topological polar surface area (TPSA) is 150 Å². The van der Waals surface area contributed by atoms with Crippen LogP contribution < -0.4 is 40.0 Å². The Labute approximate surface area is 227 Å². The number of nitrogens with zero attached hydrogens (tertiary/aromatic N) is 5. The molecule has 0 saturated carbocycles. The predicted molar refractivity (Wildman–Crippen MR) is 118 cm³/mol. The van der Waals surface area contributed by atoms with Gasteiger partial charge in [0.1, 0.15) is 30.0 Å². The number of fused-ring (bicyclic) bond motifs is 1. The van der Waals surface area contributed by atoms with Crippen LogP contribution in [0.1, 0.15) is 11.5 Å². The maximum absolute atomic E-state index is 12.8. The Hall–Kier alpha value is -1.23. The van der Waals surface area contributed by atoms with Crippen molar-refractivity contribution in [3.8, 4) is 0 Å². The maximum atomic E-state index is 12.8. The Morgan fingerprint density at radius 3 is 2.88 bits per heavy atom. The third-order valence-corrected chi connectivity index (χ3v) is 9.31. The standard InChI is InChI=1S/C17H18N6O5S4.Na/c1-8-19-16(32-22-8)31-6-17(15(26)27)4-23-13(25)11(14(23)30-5-17)20-12(24)10(21-28-2)9-3-29-7-18-9;/h3,7,11,14H,4-6H2,1-2H3,(H,20,24)(H,26,27);/q;+1/p-1/t11?,14-,17?;/m1./s1. The number of carbonyl (C=O) groups is 3. The summed E-state index contributed by atoms with van der Waals surface area (Å²) in [6.07, 6.45) is 0. The van der Waals surface area contributed by atoms with Gasteiger partial charge in [0.05, 0.1) is 11.5 Å². The molecule has 4 rings (SSSR count). The summed E-state index contributed by atoms with van der Waals surface area (Å²) in [6.45, 7) is 1.77. The number of hydrogen-bond acceptors (Lipinski definition) is 13. The van der Waals surface area contributed by atoms with Gasteiger partial charge in [0.2, 0.25) is 5.91 Å². The SMILES string of the molecule is CON=C(C(=O)NC1C(=O)N2CC(CSc3nc(C)ns3)(C(=O)[O-])CS[C@H]12)c1cscn1.[Na+]. The molecule has 2 unspecified atom stereocenters. The van der Waals surface area contributed by atoms with Crippen LogP contribution in [0, 0.1) is 12.3 Å². The van der Waals surface area contributed by atoms with Gasteiger partial charge in [0.25, 0.3) is 5.91 Å². The Balaban J connectivity index is 0.00000306. The largest absolute Gasteiger partial charge is 1.00 e. The zero-order valence-electron chi connectivity index (χ0n) is 17.8. The minimum atomic E-state index is -1.22. The fourth-order valence-electron chi connectivity index (χ4n) is 3.27. The monoisotopic (exact) mass is 536 g/mol. The van der Waals surface area contributed by atoms with Gasteiger partial charge < -0.3 is 25.0 Å². The molecule has 2 amide bonds. The summed E-state index contributed by atoms with van der Waals surface area (Å²) in [6, 6.07) is -0.786. The van der Waals surface area contributed by atoms with Crippen molar-refractivity contribution in [2.24, 2.45) is 10.6 Å². The number of amides is 2. The van der Waals surface area contributed by atoms with Gasteiger partial charge in [-0.25, -0.2) is 9.97 Å². The molecule has 0 bridgehead atoms. The zero-order valence-corrected chi connectivity index (χ0v) is 23.1. The summed E-state index contributed by atoms with van der Waals surface area (Å²) in [5, 5.41) is 19.7. The molecule has 2 aromatic heterocycles. The fourth-order valence-corrected chi connectivity index (χ4v) is 7.30.